The zero-order chi connectivity index (χ0) is 15.7. The molecule has 0 bridgehead atoms. The number of hydrogen-bond acceptors (Lipinski definition) is 2. The lowest BCUT2D eigenvalue weighted by molar-refractivity contribution is -0.129. The molecule has 1 aliphatic carbocycles. The Morgan fingerprint density at radius 1 is 1.32 bits per heavy atom. The summed E-state index contributed by atoms with van der Waals surface area (Å²) >= 11 is 3.45. The van der Waals surface area contributed by atoms with Gasteiger partial charge in [0.25, 0.3) is 0 Å². The van der Waals surface area contributed by atoms with Crippen LogP contribution in [0.4, 0.5) is 5.69 Å². The van der Waals surface area contributed by atoms with Gasteiger partial charge in [-0.15, -0.1) is 0 Å². The molecular formula is C17H21BrN2O2. The first-order chi connectivity index (χ1) is 10.5. The molecule has 1 aromatic carbocycles. The molecule has 3 rings (SSSR count). The summed E-state index contributed by atoms with van der Waals surface area (Å²) in [6, 6.07) is 6.10. The summed E-state index contributed by atoms with van der Waals surface area (Å²) in [6.07, 6.45) is 4.92. The maximum atomic E-state index is 12.4. The van der Waals surface area contributed by atoms with Gasteiger partial charge in [0.1, 0.15) is 0 Å². The first-order valence-corrected chi connectivity index (χ1v) is 8.70. The van der Waals surface area contributed by atoms with Crippen molar-refractivity contribution in [3.63, 3.8) is 0 Å². The lowest BCUT2D eigenvalue weighted by Crippen LogP contribution is -2.35. The number of likely N-dealkylation sites (tertiary alicyclic amines) is 1. The Balaban J connectivity index is 1.63. The number of aryl methyl sites for hydroxylation is 1. The maximum Gasteiger partial charge on any atom is 0.229 e. The van der Waals surface area contributed by atoms with Gasteiger partial charge in [0.05, 0.1) is 5.92 Å². The van der Waals surface area contributed by atoms with E-state index in [2.05, 4.69) is 21.2 Å². The Bertz CT molecular complexity index is 596. The van der Waals surface area contributed by atoms with Crippen molar-refractivity contribution in [2.24, 2.45) is 5.92 Å². The van der Waals surface area contributed by atoms with Gasteiger partial charge in [-0.2, -0.15) is 0 Å². The summed E-state index contributed by atoms with van der Waals surface area (Å²) in [5.74, 6) is -0.133. The van der Waals surface area contributed by atoms with Gasteiger partial charge in [-0.3, -0.25) is 9.59 Å². The Morgan fingerprint density at radius 2 is 2.05 bits per heavy atom. The van der Waals surface area contributed by atoms with Crippen molar-refractivity contribution in [2.45, 2.75) is 45.1 Å². The number of carbonyl (C=O) groups is 2. The van der Waals surface area contributed by atoms with Crippen LogP contribution in [0.5, 0.6) is 0 Å². The molecule has 118 valence electrons. The first-order valence-electron chi connectivity index (χ1n) is 7.91. The number of nitrogens with one attached hydrogen (secondary N) is 1. The van der Waals surface area contributed by atoms with E-state index in [1.807, 2.05) is 30.0 Å². The third-order valence-corrected chi connectivity index (χ3v) is 5.61. The average molecular weight is 365 g/mol. The Hall–Kier alpha value is -1.36. The minimum Gasteiger partial charge on any atom is -0.339 e. The Kier molecular flexibility index (Phi) is 4.52. The third-order valence-electron chi connectivity index (χ3n) is 4.72. The van der Waals surface area contributed by atoms with Crippen LogP contribution >= 0.6 is 15.9 Å². The van der Waals surface area contributed by atoms with E-state index in [0.717, 1.165) is 28.6 Å². The van der Waals surface area contributed by atoms with Crippen molar-refractivity contribution in [3.8, 4) is 0 Å². The predicted molar refractivity (Wildman–Crippen MR) is 89.6 cm³/mol. The minimum absolute atomic E-state index is 0.0458. The Morgan fingerprint density at radius 3 is 2.73 bits per heavy atom. The SMILES string of the molecule is Cc1cc(NC(=O)C2CC(=O)N(C3CCCC3)C2)ccc1Br. The second-order valence-electron chi connectivity index (χ2n) is 6.34. The molecule has 2 fully saturated rings. The highest BCUT2D eigenvalue weighted by molar-refractivity contribution is 9.10. The van der Waals surface area contributed by atoms with Gasteiger partial charge in [0.2, 0.25) is 11.8 Å². The van der Waals surface area contributed by atoms with Crippen LogP contribution in [-0.2, 0) is 9.59 Å². The second-order valence-corrected chi connectivity index (χ2v) is 7.19. The number of amides is 2. The van der Waals surface area contributed by atoms with E-state index in [1.54, 1.807) is 0 Å². The maximum absolute atomic E-state index is 12.4. The zero-order valence-corrected chi connectivity index (χ0v) is 14.4. The van der Waals surface area contributed by atoms with Crippen molar-refractivity contribution in [1.82, 2.24) is 4.90 Å². The fraction of sp³-hybridized carbons (Fsp3) is 0.529. The summed E-state index contributed by atoms with van der Waals surface area (Å²) in [7, 11) is 0. The monoisotopic (exact) mass is 364 g/mol. The molecule has 1 unspecified atom stereocenters. The molecule has 0 aromatic heterocycles. The van der Waals surface area contributed by atoms with E-state index in [-0.39, 0.29) is 17.7 Å². The van der Waals surface area contributed by atoms with E-state index < -0.39 is 0 Å². The van der Waals surface area contributed by atoms with E-state index in [1.165, 1.54) is 12.8 Å². The molecule has 1 saturated carbocycles. The summed E-state index contributed by atoms with van der Waals surface area (Å²) in [6.45, 7) is 2.56. The van der Waals surface area contributed by atoms with Gasteiger partial charge in [-0.25, -0.2) is 0 Å². The molecule has 1 saturated heterocycles. The molecule has 22 heavy (non-hydrogen) atoms. The van der Waals surface area contributed by atoms with Crippen molar-refractivity contribution < 1.29 is 9.59 Å². The second kappa shape index (κ2) is 6.41. The highest BCUT2D eigenvalue weighted by Crippen LogP contribution is 2.30. The fourth-order valence-corrected chi connectivity index (χ4v) is 3.69. The predicted octanol–water partition coefficient (Wildman–Crippen LogP) is 3.49. The fourth-order valence-electron chi connectivity index (χ4n) is 3.44. The van der Waals surface area contributed by atoms with E-state index in [9.17, 15) is 9.59 Å². The number of carbonyl (C=O) groups excluding carboxylic acids is 2. The summed E-state index contributed by atoms with van der Waals surface area (Å²) in [5, 5.41) is 2.94. The summed E-state index contributed by atoms with van der Waals surface area (Å²) < 4.78 is 1.02. The van der Waals surface area contributed by atoms with Crippen LogP contribution in [0.3, 0.4) is 0 Å². The van der Waals surface area contributed by atoms with E-state index in [4.69, 9.17) is 0 Å². The molecule has 4 nitrogen and oxygen atoms in total. The quantitative estimate of drug-likeness (QED) is 0.892. The van der Waals surface area contributed by atoms with Gasteiger partial charge >= 0.3 is 0 Å². The summed E-state index contributed by atoms with van der Waals surface area (Å²) in [4.78, 5) is 26.5. The number of hydrogen-bond donors (Lipinski definition) is 1. The van der Waals surface area contributed by atoms with Crippen molar-refractivity contribution in [2.75, 3.05) is 11.9 Å². The molecular weight excluding hydrogens is 344 g/mol. The molecule has 1 aromatic rings. The third kappa shape index (κ3) is 3.19. The van der Waals surface area contributed by atoms with Crippen LogP contribution in [0.1, 0.15) is 37.7 Å². The molecule has 1 atom stereocenters. The summed E-state index contributed by atoms with van der Waals surface area (Å²) in [5.41, 5.74) is 1.87. The average Bonchev–Trinajstić information content (AvgIpc) is 3.12. The number of benzene rings is 1. The smallest absolute Gasteiger partial charge is 0.229 e. The van der Waals surface area contributed by atoms with Crippen LogP contribution in [-0.4, -0.2) is 29.3 Å². The van der Waals surface area contributed by atoms with Crippen LogP contribution in [0.25, 0.3) is 0 Å². The molecule has 1 aliphatic heterocycles. The minimum atomic E-state index is -0.225. The molecule has 0 spiro atoms. The number of halogens is 1. The standard InChI is InChI=1S/C17H21BrN2O2/c1-11-8-13(6-7-15(11)18)19-17(22)12-9-16(21)20(10-12)14-4-2-3-5-14/h6-8,12,14H,2-5,9-10H2,1H3,(H,19,22). The lowest BCUT2D eigenvalue weighted by Gasteiger charge is -2.23. The van der Waals surface area contributed by atoms with Crippen LogP contribution in [0, 0.1) is 12.8 Å². The number of nitrogens with zero attached hydrogens (tertiary/aromatic N) is 1. The van der Waals surface area contributed by atoms with Crippen LogP contribution in [0.2, 0.25) is 0 Å². The highest BCUT2D eigenvalue weighted by atomic mass is 79.9. The number of anilines is 1. The largest absolute Gasteiger partial charge is 0.339 e. The van der Waals surface area contributed by atoms with Crippen molar-refractivity contribution in [3.05, 3.63) is 28.2 Å². The molecule has 5 heteroatoms. The molecule has 2 aliphatic rings. The topological polar surface area (TPSA) is 49.4 Å². The van der Waals surface area contributed by atoms with Gasteiger partial charge < -0.3 is 10.2 Å². The number of rotatable bonds is 3. The van der Waals surface area contributed by atoms with Crippen LogP contribution in [0.15, 0.2) is 22.7 Å². The molecule has 1 heterocycles. The normalized spacial score (nSPS) is 22.4. The van der Waals surface area contributed by atoms with E-state index >= 15 is 0 Å². The highest BCUT2D eigenvalue weighted by Gasteiger charge is 2.38. The Labute approximate surface area is 139 Å². The lowest BCUT2D eigenvalue weighted by atomic mass is 10.1. The van der Waals surface area contributed by atoms with Gasteiger partial charge in [-0.1, -0.05) is 28.8 Å². The van der Waals surface area contributed by atoms with Gasteiger partial charge in [0.15, 0.2) is 0 Å². The van der Waals surface area contributed by atoms with Crippen molar-refractivity contribution >= 4 is 33.4 Å². The molecule has 2 amide bonds. The van der Waals surface area contributed by atoms with Gasteiger partial charge in [-0.05, 0) is 43.5 Å². The molecule has 0 radical (unpaired) electrons. The van der Waals surface area contributed by atoms with Gasteiger partial charge in [0, 0.05) is 29.2 Å². The van der Waals surface area contributed by atoms with Crippen LogP contribution < -0.4 is 5.32 Å². The zero-order valence-electron chi connectivity index (χ0n) is 12.8. The first kappa shape index (κ1) is 15.5. The van der Waals surface area contributed by atoms with Crippen molar-refractivity contribution in [1.29, 1.82) is 0 Å². The molecule has 1 N–H and O–H groups in total. The van der Waals surface area contributed by atoms with E-state index in [0.29, 0.717) is 19.0 Å².